The number of anilines is 1. The molecule has 0 heterocycles. The van der Waals surface area contributed by atoms with Crippen molar-refractivity contribution in [3.05, 3.63) is 64.8 Å². The lowest BCUT2D eigenvalue weighted by Gasteiger charge is -2.23. The van der Waals surface area contributed by atoms with Crippen LogP contribution in [0.5, 0.6) is 5.75 Å². The number of aliphatic hydroxyl groups is 1. The van der Waals surface area contributed by atoms with E-state index < -0.39 is 17.3 Å². The molecule has 0 spiro atoms. The van der Waals surface area contributed by atoms with Gasteiger partial charge in [0.15, 0.2) is 11.3 Å². The molecule has 0 radical (unpaired) electrons. The van der Waals surface area contributed by atoms with Crippen molar-refractivity contribution in [2.24, 2.45) is 0 Å². The first kappa shape index (κ1) is 18.4. The van der Waals surface area contributed by atoms with Gasteiger partial charge >= 0.3 is 0 Å². The Hall–Kier alpha value is -2.91. The molecule has 0 aliphatic rings. The first-order valence-electron chi connectivity index (χ1n) is 7.64. The van der Waals surface area contributed by atoms with E-state index >= 15 is 0 Å². The summed E-state index contributed by atoms with van der Waals surface area (Å²) in [4.78, 5) is 15.6. The minimum atomic E-state index is -1.81. The molecular weight excluding hydrogens is 323 g/mol. The fraction of sp³-hybridized carbons (Fsp3) is 0.263. The molecule has 2 aromatic rings. The Bertz CT molecular complexity index is 841. The molecule has 25 heavy (non-hydrogen) atoms. The monoisotopic (exact) mass is 342 g/mol. The lowest BCUT2D eigenvalue weighted by atomic mass is 10.1. The predicted molar refractivity (Wildman–Crippen MR) is 93.3 cm³/mol. The molecule has 2 rings (SSSR count). The number of amides is 1. The lowest BCUT2D eigenvalue weighted by Crippen LogP contribution is -2.45. The number of nitrogens with zero attached hydrogens (tertiary/aromatic N) is 1. The highest BCUT2D eigenvalue weighted by atomic mass is 19.1. The number of nitrogens with one attached hydrogen (secondary N) is 1. The molecule has 0 aliphatic carbocycles. The number of benzene rings is 2. The molecule has 0 bridgehead atoms. The number of hydrogen-bond acceptors (Lipinski definition) is 3. The van der Waals surface area contributed by atoms with E-state index in [1.165, 1.54) is 13.0 Å². The highest BCUT2D eigenvalue weighted by Crippen LogP contribution is 2.23. The Kier molecular flexibility index (Phi) is 5.40. The molecule has 0 unspecified atom stereocenters. The van der Waals surface area contributed by atoms with Crippen molar-refractivity contribution in [3.63, 3.8) is 0 Å². The van der Waals surface area contributed by atoms with Crippen LogP contribution in [0.15, 0.2) is 36.4 Å². The van der Waals surface area contributed by atoms with E-state index in [2.05, 4.69) is 10.2 Å². The zero-order valence-electron chi connectivity index (χ0n) is 14.3. The third-order valence-corrected chi connectivity index (χ3v) is 3.73. The molecule has 1 amide bonds. The van der Waals surface area contributed by atoms with Crippen molar-refractivity contribution < 1.29 is 19.0 Å². The van der Waals surface area contributed by atoms with Crippen LogP contribution in [0, 0.1) is 26.2 Å². The van der Waals surface area contributed by atoms with Crippen molar-refractivity contribution in [1.29, 1.82) is 0 Å². The molecule has 0 aromatic heterocycles. The molecule has 5 nitrogen and oxygen atoms in total. The summed E-state index contributed by atoms with van der Waals surface area (Å²) in [6, 6.07) is 9.16. The van der Waals surface area contributed by atoms with Gasteiger partial charge in [-0.15, -0.1) is 0 Å². The second kappa shape index (κ2) is 7.32. The Morgan fingerprint density at radius 2 is 2.00 bits per heavy atom. The maximum atomic E-state index is 13.5. The van der Waals surface area contributed by atoms with E-state index in [4.69, 9.17) is 11.3 Å². The highest BCUT2D eigenvalue weighted by Gasteiger charge is 2.31. The Labute approximate surface area is 145 Å². The molecule has 2 aromatic carbocycles. The number of halogens is 1. The third-order valence-electron chi connectivity index (χ3n) is 3.73. The van der Waals surface area contributed by atoms with Gasteiger partial charge in [0.25, 0.3) is 5.91 Å². The fourth-order valence-electron chi connectivity index (χ4n) is 2.08. The van der Waals surface area contributed by atoms with Crippen LogP contribution in [0.1, 0.15) is 18.1 Å². The molecule has 0 saturated carbocycles. The molecule has 2 N–H and O–H groups in total. The first-order valence-corrected chi connectivity index (χ1v) is 7.64. The topological polar surface area (TPSA) is 62.9 Å². The minimum absolute atomic E-state index is 0.230. The number of rotatable bonds is 5. The number of carbonyl (C=O) groups excluding carboxylic acids is 1. The van der Waals surface area contributed by atoms with Gasteiger partial charge in [0.1, 0.15) is 18.2 Å². The Balaban J connectivity index is 2.03. The van der Waals surface area contributed by atoms with E-state index in [9.17, 15) is 14.3 Å². The molecular formula is C19H19FN2O3. The van der Waals surface area contributed by atoms with E-state index in [1.807, 2.05) is 0 Å². The number of carbonyl (C=O) groups is 1. The van der Waals surface area contributed by atoms with Gasteiger partial charge < -0.3 is 15.2 Å². The molecule has 0 saturated heterocycles. The fourth-order valence-corrected chi connectivity index (χ4v) is 2.08. The average molecular weight is 342 g/mol. The molecule has 130 valence electrons. The lowest BCUT2D eigenvalue weighted by molar-refractivity contribution is -0.135. The Morgan fingerprint density at radius 1 is 1.28 bits per heavy atom. The smallest absolute Gasteiger partial charge is 0.259 e. The average Bonchev–Trinajstić information content (AvgIpc) is 2.56. The first-order chi connectivity index (χ1) is 11.7. The molecule has 6 heteroatoms. The van der Waals surface area contributed by atoms with Crippen molar-refractivity contribution in [1.82, 2.24) is 0 Å². The summed E-state index contributed by atoms with van der Waals surface area (Å²) in [5.74, 6) is -0.847. The number of hydrogen-bond donors (Lipinski definition) is 2. The summed E-state index contributed by atoms with van der Waals surface area (Å²) in [6.07, 6.45) is 0. The van der Waals surface area contributed by atoms with Gasteiger partial charge in [-0.25, -0.2) is 9.24 Å². The zero-order valence-corrected chi connectivity index (χ0v) is 14.3. The minimum Gasteiger partial charge on any atom is -0.490 e. The molecule has 0 fully saturated rings. The van der Waals surface area contributed by atoms with E-state index in [0.29, 0.717) is 16.9 Å². The van der Waals surface area contributed by atoms with Gasteiger partial charge in [0.2, 0.25) is 0 Å². The van der Waals surface area contributed by atoms with Crippen molar-refractivity contribution >= 4 is 17.3 Å². The summed E-state index contributed by atoms with van der Waals surface area (Å²) < 4.78 is 18.8. The Morgan fingerprint density at radius 3 is 2.60 bits per heavy atom. The van der Waals surface area contributed by atoms with Crippen molar-refractivity contribution in [2.75, 3.05) is 11.9 Å². The van der Waals surface area contributed by atoms with Crippen molar-refractivity contribution in [2.45, 2.75) is 26.4 Å². The van der Waals surface area contributed by atoms with Crippen LogP contribution >= 0.6 is 0 Å². The maximum Gasteiger partial charge on any atom is 0.259 e. The van der Waals surface area contributed by atoms with Crippen LogP contribution in [0.4, 0.5) is 15.8 Å². The normalized spacial score (nSPS) is 12.8. The van der Waals surface area contributed by atoms with Crippen LogP contribution in [0.2, 0.25) is 0 Å². The van der Waals surface area contributed by atoms with Gasteiger partial charge in [-0.1, -0.05) is 12.1 Å². The van der Waals surface area contributed by atoms with Crippen LogP contribution in [0.3, 0.4) is 0 Å². The van der Waals surface area contributed by atoms with E-state index in [-0.39, 0.29) is 12.4 Å². The molecule has 0 aliphatic heterocycles. The second-order valence-electron chi connectivity index (χ2n) is 6.04. The summed E-state index contributed by atoms with van der Waals surface area (Å²) in [6.45, 7) is 11.4. The van der Waals surface area contributed by atoms with Crippen LogP contribution < -0.4 is 10.1 Å². The SMILES string of the molecule is [C-]#[N+]c1ccc(NC(=O)[C@@](C)(O)COc2ccc(C)c(F)c2)cc1C. The van der Waals surface area contributed by atoms with Gasteiger partial charge in [-0.3, -0.25) is 4.79 Å². The second-order valence-corrected chi connectivity index (χ2v) is 6.04. The predicted octanol–water partition coefficient (Wildman–Crippen LogP) is 3.76. The van der Waals surface area contributed by atoms with Crippen molar-refractivity contribution in [3.8, 4) is 5.75 Å². The van der Waals surface area contributed by atoms with Crippen LogP contribution in [-0.4, -0.2) is 23.2 Å². The number of ether oxygens (including phenoxy) is 1. The van der Waals surface area contributed by atoms with Crippen LogP contribution in [0.25, 0.3) is 4.85 Å². The quantitative estimate of drug-likeness (QED) is 0.813. The maximum absolute atomic E-state index is 13.5. The summed E-state index contributed by atoms with van der Waals surface area (Å²) >= 11 is 0. The largest absolute Gasteiger partial charge is 0.490 e. The van der Waals surface area contributed by atoms with E-state index in [1.54, 1.807) is 44.2 Å². The summed E-state index contributed by atoms with van der Waals surface area (Å²) in [5, 5.41) is 12.9. The van der Waals surface area contributed by atoms with Gasteiger partial charge in [0.05, 0.1) is 6.57 Å². The molecule has 1 atom stereocenters. The number of aryl methyl sites for hydroxylation is 2. The van der Waals surface area contributed by atoms with Gasteiger partial charge in [-0.05, 0) is 50.1 Å². The van der Waals surface area contributed by atoms with E-state index in [0.717, 1.165) is 5.56 Å². The summed E-state index contributed by atoms with van der Waals surface area (Å²) in [5.41, 5.74) is 0.355. The van der Waals surface area contributed by atoms with Gasteiger partial charge in [0, 0.05) is 11.8 Å². The van der Waals surface area contributed by atoms with Crippen LogP contribution in [-0.2, 0) is 4.79 Å². The standard InChI is InChI=1S/C19H19FN2O3/c1-12-5-7-15(10-16(12)20)25-11-19(3,24)18(23)22-14-6-8-17(21-4)13(2)9-14/h5-10,24H,11H2,1-3H3,(H,22,23)/t19-/m0/s1. The third kappa shape index (κ3) is 4.55. The highest BCUT2D eigenvalue weighted by molar-refractivity contribution is 5.97. The summed E-state index contributed by atoms with van der Waals surface area (Å²) in [7, 11) is 0. The zero-order chi connectivity index (χ0) is 18.6. The van der Waals surface area contributed by atoms with Gasteiger partial charge in [-0.2, -0.15) is 0 Å².